The SMILES string of the molecule is C=CCOc1cc(C)c(Nc2ccc(Nc3c(C)cc(C)cc3C)c3c2C(=O)c2ccccc2C3=O)c(C)c1.CS(C)(C)C. The molecule has 230 valence electrons. The van der Waals surface area contributed by atoms with Crippen molar-refractivity contribution in [2.24, 2.45) is 0 Å². The van der Waals surface area contributed by atoms with Crippen LogP contribution >= 0.6 is 10.0 Å². The standard InChI is InChI=1S/C34H32N2O3.C4H12S/c1-7-14-39-24-17-22(5)32(23(6)18-24)36-28-13-12-27(35-31-20(3)15-19(2)16-21(31)4)29-30(28)34(38)26-11-9-8-10-25(26)33(29)37;1-5(2,3)4/h7-13,15-18,35-36H,1,14H2,2-6H3;1-4H3. The van der Waals surface area contributed by atoms with E-state index in [-0.39, 0.29) is 21.6 Å². The number of carbonyl (C=O) groups is 2. The van der Waals surface area contributed by atoms with Gasteiger partial charge < -0.3 is 15.4 Å². The minimum Gasteiger partial charge on any atom is -0.490 e. The third-order valence-electron chi connectivity index (χ3n) is 7.15. The number of fused-ring (bicyclic) bond motifs is 2. The summed E-state index contributed by atoms with van der Waals surface area (Å²) in [5, 5.41) is 6.97. The van der Waals surface area contributed by atoms with Gasteiger partial charge in [0.25, 0.3) is 0 Å². The molecule has 0 atom stereocenters. The number of aryl methyl sites for hydroxylation is 5. The second kappa shape index (κ2) is 13.1. The summed E-state index contributed by atoms with van der Waals surface area (Å²) in [4.78, 5) is 27.9. The summed E-state index contributed by atoms with van der Waals surface area (Å²) >= 11 is 0. The van der Waals surface area contributed by atoms with Crippen molar-refractivity contribution >= 4 is 44.3 Å². The highest BCUT2D eigenvalue weighted by molar-refractivity contribution is 8.31. The van der Waals surface area contributed by atoms with Crippen LogP contribution in [0.15, 0.2) is 73.3 Å². The average molecular weight is 609 g/mol. The second-order valence-electron chi connectivity index (χ2n) is 12.6. The van der Waals surface area contributed by atoms with E-state index in [4.69, 9.17) is 4.74 Å². The maximum Gasteiger partial charge on any atom is 0.196 e. The van der Waals surface area contributed by atoms with Crippen molar-refractivity contribution in [3.8, 4) is 5.75 Å². The van der Waals surface area contributed by atoms with Crippen LogP contribution in [0.2, 0.25) is 0 Å². The van der Waals surface area contributed by atoms with Gasteiger partial charge in [-0.15, -0.1) is 0 Å². The van der Waals surface area contributed by atoms with Gasteiger partial charge >= 0.3 is 0 Å². The summed E-state index contributed by atoms with van der Waals surface area (Å²) in [5.74, 6) is 0.404. The molecule has 0 radical (unpaired) electrons. The molecule has 0 spiro atoms. The Morgan fingerprint density at radius 3 is 1.45 bits per heavy atom. The fraction of sp³-hybridized carbons (Fsp3) is 0.263. The van der Waals surface area contributed by atoms with Crippen molar-refractivity contribution in [2.75, 3.05) is 42.3 Å². The molecule has 0 amide bonds. The maximum atomic E-state index is 13.9. The fourth-order valence-corrected chi connectivity index (χ4v) is 5.44. The predicted molar refractivity (Wildman–Crippen MR) is 190 cm³/mol. The van der Waals surface area contributed by atoms with Gasteiger partial charge in [-0.2, -0.15) is 0 Å². The molecule has 4 aromatic rings. The van der Waals surface area contributed by atoms with E-state index in [1.807, 2.05) is 52.0 Å². The summed E-state index contributed by atoms with van der Waals surface area (Å²) in [6, 6.07) is 18.9. The first kappa shape index (κ1) is 32.6. The molecular formula is C38H44N2O3S. The van der Waals surface area contributed by atoms with Gasteiger partial charge in [-0.3, -0.25) is 19.6 Å². The largest absolute Gasteiger partial charge is 0.490 e. The van der Waals surface area contributed by atoms with Gasteiger partial charge in [-0.05, 0) is 106 Å². The summed E-state index contributed by atoms with van der Waals surface area (Å²) in [6.07, 6.45) is 10.8. The van der Waals surface area contributed by atoms with E-state index in [1.165, 1.54) is 5.56 Å². The molecule has 44 heavy (non-hydrogen) atoms. The third kappa shape index (κ3) is 7.25. The van der Waals surface area contributed by atoms with E-state index in [2.05, 4.69) is 61.3 Å². The Bertz CT molecular complexity index is 1710. The molecule has 0 unspecified atom stereocenters. The molecule has 6 heteroatoms. The Kier molecular flexibility index (Phi) is 9.75. The smallest absolute Gasteiger partial charge is 0.196 e. The molecule has 0 fully saturated rings. The zero-order valence-electron chi connectivity index (χ0n) is 27.4. The normalized spacial score (nSPS) is 12.4. The third-order valence-corrected chi connectivity index (χ3v) is 7.15. The van der Waals surface area contributed by atoms with E-state index in [0.29, 0.717) is 40.2 Å². The van der Waals surface area contributed by atoms with Crippen LogP contribution in [0.1, 0.15) is 59.7 Å². The zero-order chi connectivity index (χ0) is 32.3. The molecule has 2 N–H and O–H groups in total. The first-order valence-corrected chi connectivity index (χ1v) is 17.9. The van der Waals surface area contributed by atoms with Crippen molar-refractivity contribution in [1.29, 1.82) is 0 Å². The van der Waals surface area contributed by atoms with Crippen molar-refractivity contribution in [1.82, 2.24) is 0 Å². The van der Waals surface area contributed by atoms with Crippen LogP contribution in [0.5, 0.6) is 5.75 Å². The maximum absolute atomic E-state index is 13.9. The number of ether oxygens (including phenoxy) is 1. The van der Waals surface area contributed by atoms with Crippen molar-refractivity contribution in [3.05, 3.63) is 123 Å². The number of hydrogen-bond acceptors (Lipinski definition) is 5. The van der Waals surface area contributed by atoms with Crippen LogP contribution in [0.4, 0.5) is 22.7 Å². The van der Waals surface area contributed by atoms with Crippen LogP contribution < -0.4 is 15.4 Å². The summed E-state index contributed by atoms with van der Waals surface area (Å²) in [5.41, 5.74) is 9.83. The van der Waals surface area contributed by atoms with Gasteiger partial charge in [0.1, 0.15) is 12.4 Å². The van der Waals surface area contributed by atoms with E-state index >= 15 is 0 Å². The number of benzene rings is 4. The van der Waals surface area contributed by atoms with Crippen LogP contribution in [0, 0.1) is 34.6 Å². The van der Waals surface area contributed by atoms with Gasteiger partial charge in [-0.25, -0.2) is 0 Å². The predicted octanol–water partition coefficient (Wildman–Crippen LogP) is 9.37. The van der Waals surface area contributed by atoms with Gasteiger partial charge in [0.2, 0.25) is 0 Å². The van der Waals surface area contributed by atoms with Gasteiger partial charge in [0, 0.05) is 22.5 Å². The minimum absolute atomic E-state index is 0.167. The number of hydrogen-bond donors (Lipinski definition) is 2. The lowest BCUT2D eigenvalue weighted by Crippen LogP contribution is -2.23. The quantitative estimate of drug-likeness (QED) is 0.180. The monoisotopic (exact) mass is 608 g/mol. The van der Waals surface area contributed by atoms with Gasteiger partial charge in [0.05, 0.1) is 22.5 Å². The van der Waals surface area contributed by atoms with Gasteiger partial charge in [0.15, 0.2) is 11.6 Å². The van der Waals surface area contributed by atoms with E-state index in [9.17, 15) is 9.59 Å². The zero-order valence-corrected chi connectivity index (χ0v) is 28.2. The highest BCUT2D eigenvalue weighted by Crippen LogP contribution is 2.40. The van der Waals surface area contributed by atoms with Crippen molar-refractivity contribution < 1.29 is 14.3 Å². The number of nitrogens with one attached hydrogen (secondary N) is 2. The summed E-state index contributed by atoms with van der Waals surface area (Å²) in [6.45, 7) is 14.3. The fourth-order valence-electron chi connectivity index (χ4n) is 5.44. The van der Waals surface area contributed by atoms with Crippen LogP contribution in [-0.4, -0.2) is 43.2 Å². The van der Waals surface area contributed by atoms with E-state index in [1.54, 1.807) is 30.3 Å². The molecular weight excluding hydrogens is 564 g/mol. The molecule has 1 aliphatic rings. The topological polar surface area (TPSA) is 67.4 Å². The van der Waals surface area contributed by atoms with Crippen LogP contribution in [0.25, 0.3) is 0 Å². The highest BCUT2D eigenvalue weighted by Gasteiger charge is 2.34. The molecule has 1 aliphatic carbocycles. The summed E-state index contributed by atoms with van der Waals surface area (Å²) < 4.78 is 5.73. The van der Waals surface area contributed by atoms with E-state index in [0.717, 1.165) is 39.4 Å². The van der Waals surface area contributed by atoms with Gasteiger partial charge in [-0.1, -0.05) is 54.6 Å². The molecule has 0 saturated carbocycles. The molecule has 5 rings (SSSR count). The molecule has 4 aromatic carbocycles. The molecule has 0 heterocycles. The van der Waals surface area contributed by atoms with Crippen molar-refractivity contribution in [3.63, 3.8) is 0 Å². The molecule has 0 aromatic heterocycles. The molecule has 5 nitrogen and oxygen atoms in total. The average Bonchev–Trinajstić information content (AvgIpc) is 2.93. The number of anilines is 4. The Morgan fingerprint density at radius 2 is 1.07 bits per heavy atom. The van der Waals surface area contributed by atoms with Crippen molar-refractivity contribution in [2.45, 2.75) is 34.6 Å². The Hall–Kier alpha value is -4.29. The molecule has 0 bridgehead atoms. The lowest BCUT2D eigenvalue weighted by atomic mass is 9.82. The highest BCUT2D eigenvalue weighted by atomic mass is 32.3. The molecule has 0 aliphatic heterocycles. The minimum atomic E-state index is -0.176. The summed E-state index contributed by atoms with van der Waals surface area (Å²) in [7, 11) is -0.167. The number of carbonyl (C=O) groups excluding carboxylic acids is 2. The Morgan fingerprint density at radius 1 is 0.682 bits per heavy atom. The lowest BCUT2D eigenvalue weighted by Gasteiger charge is -2.25. The van der Waals surface area contributed by atoms with E-state index < -0.39 is 0 Å². The second-order valence-corrected chi connectivity index (χ2v) is 17.5. The van der Waals surface area contributed by atoms with Crippen LogP contribution in [-0.2, 0) is 0 Å². The number of rotatable bonds is 7. The Labute approximate surface area is 264 Å². The lowest BCUT2D eigenvalue weighted by molar-refractivity contribution is 0.0980. The number of ketones is 2. The molecule has 0 saturated heterocycles. The first-order chi connectivity index (χ1) is 20.7. The Balaban J connectivity index is 0.000000818. The first-order valence-electron chi connectivity index (χ1n) is 14.6. The van der Waals surface area contributed by atoms with Crippen LogP contribution in [0.3, 0.4) is 0 Å².